The Morgan fingerprint density at radius 2 is 2.09 bits per heavy atom. The molecule has 0 saturated heterocycles. The Morgan fingerprint density at radius 1 is 1.39 bits per heavy atom. The van der Waals surface area contributed by atoms with E-state index >= 15 is 0 Å². The fourth-order valence-electron chi connectivity index (χ4n) is 1.96. The number of aliphatic imine (C=N–C) groups is 1. The summed E-state index contributed by atoms with van der Waals surface area (Å²) in [4.78, 5) is 15.6. The first-order valence-corrected chi connectivity index (χ1v) is 7.36. The van der Waals surface area contributed by atoms with Gasteiger partial charge in [-0.15, -0.1) is 0 Å². The summed E-state index contributed by atoms with van der Waals surface area (Å²) >= 11 is 0. The Balaban J connectivity index is 3.00. The second kappa shape index (κ2) is 9.38. The van der Waals surface area contributed by atoms with Crippen LogP contribution in [0.4, 0.5) is 0 Å². The number of carbonyl (C=O) groups is 1. The highest BCUT2D eigenvalue weighted by Gasteiger charge is 2.04. The normalized spacial score (nSPS) is 12.3. The third kappa shape index (κ3) is 5.92. The van der Waals surface area contributed by atoms with Crippen molar-refractivity contribution in [2.75, 3.05) is 13.6 Å². The lowest BCUT2D eigenvalue weighted by Gasteiger charge is -2.08. The fraction of sp³-hybridized carbons (Fsp3) is 0.222. The van der Waals surface area contributed by atoms with Crippen molar-refractivity contribution in [3.05, 3.63) is 60.3 Å². The van der Waals surface area contributed by atoms with Crippen LogP contribution in [0.2, 0.25) is 0 Å². The van der Waals surface area contributed by atoms with Crippen LogP contribution >= 0.6 is 0 Å². The van der Waals surface area contributed by atoms with E-state index in [0.717, 1.165) is 16.7 Å². The minimum Gasteiger partial charge on any atom is -0.394 e. The van der Waals surface area contributed by atoms with Crippen molar-refractivity contribution >= 4 is 23.0 Å². The quantitative estimate of drug-likeness (QED) is 0.428. The summed E-state index contributed by atoms with van der Waals surface area (Å²) in [5.74, 6) is 0.193. The summed E-state index contributed by atoms with van der Waals surface area (Å²) in [6.07, 6.45) is 5.91. The Labute approximate surface area is 137 Å². The van der Waals surface area contributed by atoms with E-state index in [1.807, 2.05) is 56.6 Å². The average molecular weight is 312 g/mol. The minimum absolute atomic E-state index is 0.0721. The van der Waals surface area contributed by atoms with Crippen molar-refractivity contribution in [2.45, 2.75) is 13.8 Å². The Hall–Kier alpha value is -2.66. The number of benzene rings is 1. The number of amidine groups is 1. The molecule has 0 saturated carbocycles. The molecule has 23 heavy (non-hydrogen) atoms. The Kier molecular flexibility index (Phi) is 7.50. The van der Waals surface area contributed by atoms with E-state index in [-0.39, 0.29) is 12.5 Å². The van der Waals surface area contributed by atoms with E-state index in [9.17, 15) is 4.79 Å². The molecule has 1 amide bonds. The number of allylic oxidation sites excluding steroid dienone is 3. The third-order valence-electron chi connectivity index (χ3n) is 3.08. The SMILES string of the molecule is C=C(N=C(C)NC(=O)CN)c1cccc(C(/C=C\NC)=C/C)c1. The third-order valence-corrected chi connectivity index (χ3v) is 3.08. The van der Waals surface area contributed by atoms with Gasteiger partial charge in [0.2, 0.25) is 5.91 Å². The van der Waals surface area contributed by atoms with Crippen LogP contribution in [-0.4, -0.2) is 25.3 Å². The number of carbonyl (C=O) groups excluding carboxylic acids is 1. The summed E-state index contributed by atoms with van der Waals surface area (Å²) in [5.41, 5.74) is 8.89. The largest absolute Gasteiger partial charge is 0.394 e. The molecule has 0 aliphatic rings. The molecule has 0 atom stereocenters. The molecule has 0 bridgehead atoms. The van der Waals surface area contributed by atoms with Crippen LogP contribution in [0.25, 0.3) is 11.3 Å². The molecule has 0 radical (unpaired) electrons. The molecule has 4 N–H and O–H groups in total. The second-order valence-corrected chi connectivity index (χ2v) is 4.84. The predicted octanol–water partition coefficient (Wildman–Crippen LogP) is 2.29. The van der Waals surface area contributed by atoms with Gasteiger partial charge in [-0.1, -0.05) is 30.9 Å². The summed E-state index contributed by atoms with van der Waals surface area (Å²) in [7, 11) is 1.86. The van der Waals surface area contributed by atoms with E-state index < -0.39 is 0 Å². The van der Waals surface area contributed by atoms with E-state index in [1.54, 1.807) is 6.92 Å². The van der Waals surface area contributed by atoms with Crippen LogP contribution < -0.4 is 16.4 Å². The minimum atomic E-state index is -0.277. The van der Waals surface area contributed by atoms with Crippen LogP contribution in [0.3, 0.4) is 0 Å². The maximum absolute atomic E-state index is 11.3. The molecule has 0 heterocycles. The van der Waals surface area contributed by atoms with Gasteiger partial charge in [0.05, 0.1) is 12.2 Å². The van der Waals surface area contributed by atoms with Crippen molar-refractivity contribution in [3.63, 3.8) is 0 Å². The second-order valence-electron chi connectivity index (χ2n) is 4.84. The summed E-state index contributed by atoms with van der Waals surface area (Å²) < 4.78 is 0. The number of hydrogen-bond donors (Lipinski definition) is 3. The van der Waals surface area contributed by atoms with Gasteiger partial charge < -0.3 is 16.4 Å². The van der Waals surface area contributed by atoms with Gasteiger partial charge in [-0.25, -0.2) is 4.99 Å². The molecular weight excluding hydrogens is 288 g/mol. The number of nitrogens with one attached hydrogen (secondary N) is 2. The average Bonchev–Trinajstić information content (AvgIpc) is 2.55. The maximum Gasteiger partial charge on any atom is 0.239 e. The van der Waals surface area contributed by atoms with E-state index in [2.05, 4.69) is 22.2 Å². The zero-order valence-electron chi connectivity index (χ0n) is 13.9. The first-order chi connectivity index (χ1) is 11.0. The summed E-state index contributed by atoms with van der Waals surface area (Å²) in [6.45, 7) is 7.59. The highest BCUT2D eigenvalue weighted by atomic mass is 16.1. The molecule has 1 aromatic rings. The molecule has 1 aromatic carbocycles. The van der Waals surface area contributed by atoms with Gasteiger partial charge in [0.15, 0.2) is 0 Å². The molecule has 0 aliphatic heterocycles. The van der Waals surface area contributed by atoms with Crippen LogP contribution in [0.1, 0.15) is 25.0 Å². The fourth-order valence-corrected chi connectivity index (χ4v) is 1.96. The van der Waals surface area contributed by atoms with Crippen molar-refractivity contribution in [1.82, 2.24) is 10.6 Å². The van der Waals surface area contributed by atoms with Crippen LogP contribution in [0.15, 0.2) is 54.2 Å². The molecule has 5 heteroatoms. The molecule has 0 aliphatic carbocycles. The maximum atomic E-state index is 11.3. The molecule has 5 nitrogen and oxygen atoms in total. The Bertz CT molecular complexity index is 657. The standard InChI is InChI=1S/C18H24N4O/c1-5-15(9-10-20-4)17-8-6-7-16(11-17)13(2)21-14(3)22-18(23)12-19/h5-11,20H,2,12,19H2,1,3-4H3,(H,21,22,23)/b10-9-,15-5+. The molecule has 0 unspecified atom stereocenters. The molecule has 122 valence electrons. The van der Waals surface area contributed by atoms with Gasteiger partial charge in [-0.3, -0.25) is 4.79 Å². The highest BCUT2D eigenvalue weighted by molar-refractivity contribution is 5.99. The van der Waals surface area contributed by atoms with E-state index in [1.165, 1.54) is 0 Å². The number of hydrogen-bond acceptors (Lipinski definition) is 4. The molecular formula is C18H24N4O. The van der Waals surface area contributed by atoms with Gasteiger partial charge in [0, 0.05) is 12.6 Å². The smallest absolute Gasteiger partial charge is 0.239 e. The van der Waals surface area contributed by atoms with Gasteiger partial charge in [-0.05, 0) is 43.3 Å². The van der Waals surface area contributed by atoms with E-state index in [4.69, 9.17) is 5.73 Å². The van der Waals surface area contributed by atoms with Crippen molar-refractivity contribution < 1.29 is 4.79 Å². The zero-order chi connectivity index (χ0) is 17.2. The first kappa shape index (κ1) is 18.4. The summed E-state index contributed by atoms with van der Waals surface area (Å²) in [6, 6.07) is 7.93. The van der Waals surface area contributed by atoms with Crippen molar-refractivity contribution in [1.29, 1.82) is 0 Å². The van der Waals surface area contributed by atoms with Gasteiger partial charge in [0.1, 0.15) is 5.84 Å². The first-order valence-electron chi connectivity index (χ1n) is 7.36. The van der Waals surface area contributed by atoms with Crippen LogP contribution in [-0.2, 0) is 4.79 Å². The zero-order valence-corrected chi connectivity index (χ0v) is 13.9. The van der Waals surface area contributed by atoms with Gasteiger partial charge >= 0.3 is 0 Å². The Morgan fingerprint density at radius 3 is 2.70 bits per heavy atom. The lowest BCUT2D eigenvalue weighted by atomic mass is 10.0. The number of amides is 1. The highest BCUT2D eigenvalue weighted by Crippen LogP contribution is 2.21. The van der Waals surface area contributed by atoms with Crippen molar-refractivity contribution in [3.8, 4) is 0 Å². The molecule has 1 rings (SSSR count). The van der Waals surface area contributed by atoms with Gasteiger partial charge in [0.25, 0.3) is 0 Å². The molecule has 0 fully saturated rings. The number of nitrogens with two attached hydrogens (primary N) is 1. The predicted molar refractivity (Wildman–Crippen MR) is 97.6 cm³/mol. The van der Waals surface area contributed by atoms with Crippen molar-refractivity contribution in [2.24, 2.45) is 10.7 Å². The number of rotatable bonds is 6. The molecule has 0 aromatic heterocycles. The lowest BCUT2D eigenvalue weighted by Crippen LogP contribution is -2.33. The number of nitrogens with zero attached hydrogens (tertiary/aromatic N) is 1. The topological polar surface area (TPSA) is 79.5 Å². The monoisotopic (exact) mass is 312 g/mol. The van der Waals surface area contributed by atoms with Crippen LogP contribution in [0.5, 0.6) is 0 Å². The van der Waals surface area contributed by atoms with Crippen LogP contribution in [0, 0.1) is 0 Å². The lowest BCUT2D eigenvalue weighted by molar-refractivity contribution is -0.118. The summed E-state index contributed by atoms with van der Waals surface area (Å²) in [5, 5.41) is 5.58. The molecule has 0 spiro atoms. The van der Waals surface area contributed by atoms with Gasteiger partial charge in [-0.2, -0.15) is 0 Å². The van der Waals surface area contributed by atoms with E-state index in [0.29, 0.717) is 11.5 Å².